The molecule has 204 valence electrons. The van der Waals surface area contributed by atoms with E-state index >= 15 is 0 Å². The molecule has 0 amide bonds. The minimum absolute atomic E-state index is 0.0852. The summed E-state index contributed by atoms with van der Waals surface area (Å²) in [7, 11) is 2.92. The molecule has 0 aromatic heterocycles. The number of aliphatic hydroxyl groups is 6. The third kappa shape index (κ3) is 6.90. The molecule has 0 saturated carbocycles. The van der Waals surface area contributed by atoms with Gasteiger partial charge in [0.1, 0.15) is 30.2 Å². The number of methoxy groups -OCH3 is 2. The van der Waals surface area contributed by atoms with E-state index in [1.165, 1.54) is 26.4 Å². The normalized spacial score (nSPS) is 24.0. The topological polar surface area (TPSA) is 168 Å². The number of hydrogen-bond acceptors (Lipinski definition) is 11. The fraction of sp³-hybridized carbons (Fsp3) is 0.462. The van der Waals surface area contributed by atoms with E-state index in [0.717, 1.165) is 5.56 Å². The van der Waals surface area contributed by atoms with Crippen LogP contribution in [0.5, 0.6) is 23.0 Å². The zero-order chi connectivity index (χ0) is 26.9. The minimum atomic E-state index is -1.58. The first-order chi connectivity index (χ1) is 17.9. The molecule has 1 aliphatic heterocycles. The van der Waals surface area contributed by atoms with Crippen molar-refractivity contribution in [1.29, 1.82) is 0 Å². The van der Waals surface area contributed by atoms with Gasteiger partial charge in [0.2, 0.25) is 6.29 Å². The molecule has 2 aromatic carbocycles. The zero-order valence-corrected chi connectivity index (χ0v) is 20.7. The van der Waals surface area contributed by atoms with Crippen molar-refractivity contribution in [2.24, 2.45) is 0 Å². The van der Waals surface area contributed by atoms with Gasteiger partial charge >= 0.3 is 0 Å². The highest BCUT2D eigenvalue weighted by atomic mass is 16.7. The number of ether oxygens (including phenoxy) is 5. The van der Waals surface area contributed by atoms with Gasteiger partial charge in [0.05, 0.1) is 27.4 Å². The van der Waals surface area contributed by atoms with E-state index in [-0.39, 0.29) is 24.7 Å². The summed E-state index contributed by atoms with van der Waals surface area (Å²) in [6.45, 7) is -0.807. The smallest absolute Gasteiger partial charge is 0.229 e. The molecule has 6 N–H and O–H groups in total. The molecule has 5 atom stereocenters. The van der Waals surface area contributed by atoms with Crippen molar-refractivity contribution < 1.29 is 54.3 Å². The molecule has 0 radical (unpaired) electrons. The summed E-state index contributed by atoms with van der Waals surface area (Å²) in [4.78, 5) is 0. The van der Waals surface area contributed by atoms with Crippen LogP contribution < -0.4 is 18.9 Å². The third-order valence-electron chi connectivity index (χ3n) is 5.89. The van der Waals surface area contributed by atoms with Crippen LogP contribution >= 0.6 is 0 Å². The molecule has 0 bridgehead atoms. The van der Waals surface area contributed by atoms with Gasteiger partial charge in [-0.2, -0.15) is 0 Å². The van der Waals surface area contributed by atoms with Crippen molar-refractivity contribution in [3.8, 4) is 23.0 Å². The van der Waals surface area contributed by atoms with Crippen LogP contribution in [0.2, 0.25) is 0 Å². The first kappa shape index (κ1) is 28.7. The lowest BCUT2D eigenvalue weighted by Gasteiger charge is -2.39. The van der Waals surface area contributed by atoms with E-state index in [0.29, 0.717) is 35.7 Å². The molecule has 1 saturated heterocycles. The van der Waals surface area contributed by atoms with Crippen LogP contribution in [-0.4, -0.2) is 95.4 Å². The van der Waals surface area contributed by atoms with Crippen LogP contribution in [0.25, 0.3) is 5.76 Å². The Morgan fingerprint density at radius 2 is 1.57 bits per heavy atom. The molecule has 11 nitrogen and oxygen atoms in total. The second kappa shape index (κ2) is 13.6. The Bertz CT molecular complexity index is 1040. The first-order valence-electron chi connectivity index (χ1n) is 11.8. The van der Waals surface area contributed by atoms with Crippen molar-refractivity contribution in [2.45, 2.75) is 43.5 Å². The molecular weight excluding hydrogens is 488 g/mol. The van der Waals surface area contributed by atoms with Crippen LogP contribution in [-0.2, 0) is 11.2 Å². The summed E-state index contributed by atoms with van der Waals surface area (Å²) in [6.07, 6.45) is -4.41. The van der Waals surface area contributed by atoms with Gasteiger partial charge in [-0.25, -0.2) is 0 Å². The Morgan fingerprint density at radius 3 is 2.22 bits per heavy atom. The monoisotopic (exact) mass is 522 g/mol. The van der Waals surface area contributed by atoms with Crippen molar-refractivity contribution in [1.82, 2.24) is 0 Å². The molecule has 11 heteroatoms. The van der Waals surface area contributed by atoms with E-state index in [2.05, 4.69) is 0 Å². The lowest BCUT2D eigenvalue weighted by Crippen LogP contribution is -2.60. The molecule has 0 spiro atoms. The summed E-state index contributed by atoms with van der Waals surface area (Å²) in [6, 6.07) is 10.2. The van der Waals surface area contributed by atoms with Crippen molar-refractivity contribution >= 4 is 5.76 Å². The van der Waals surface area contributed by atoms with Crippen molar-refractivity contribution in [3.63, 3.8) is 0 Å². The van der Waals surface area contributed by atoms with E-state index in [9.17, 15) is 25.5 Å². The average molecular weight is 523 g/mol. The minimum Gasteiger partial charge on any atom is -0.493 e. The van der Waals surface area contributed by atoms with Crippen molar-refractivity contribution in [2.75, 3.05) is 34.0 Å². The Balaban J connectivity index is 1.84. The lowest BCUT2D eigenvalue weighted by molar-refractivity contribution is -0.277. The molecule has 3 rings (SSSR count). The Hall–Kier alpha value is -2.90. The maximum Gasteiger partial charge on any atom is 0.229 e. The molecule has 2 aromatic rings. The van der Waals surface area contributed by atoms with Gasteiger partial charge in [0, 0.05) is 12.2 Å². The maximum absolute atomic E-state index is 10.3. The van der Waals surface area contributed by atoms with Gasteiger partial charge in [-0.15, -0.1) is 0 Å². The van der Waals surface area contributed by atoms with Gasteiger partial charge in [-0.1, -0.05) is 6.07 Å². The van der Waals surface area contributed by atoms with Gasteiger partial charge in [0.15, 0.2) is 23.0 Å². The van der Waals surface area contributed by atoms with Crippen LogP contribution in [0.4, 0.5) is 0 Å². The second-order valence-electron chi connectivity index (χ2n) is 8.35. The fourth-order valence-electron chi connectivity index (χ4n) is 3.86. The second-order valence-corrected chi connectivity index (χ2v) is 8.35. The molecule has 0 aliphatic carbocycles. The molecule has 1 aliphatic rings. The van der Waals surface area contributed by atoms with E-state index in [1.807, 2.05) is 12.1 Å². The van der Waals surface area contributed by atoms with E-state index in [4.69, 9.17) is 28.8 Å². The zero-order valence-electron chi connectivity index (χ0n) is 20.7. The Morgan fingerprint density at radius 1 is 0.865 bits per heavy atom. The summed E-state index contributed by atoms with van der Waals surface area (Å²) < 4.78 is 28.1. The number of benzene rings is 2. The average Bonchev–Trinajstić information content (AvgIpc) is 2.92. The first-order valence-corrected chi connectivity index (χ1v) is 11.8. The number of hydrogen-bond donors (Lipinski definition) is 6. The van der Waals surface area contributed by atoms with Gasteiger partial charge in [-0.3, -0.25) is 0 Å². The fourth-order valence-corrected chi connectivity index (χ4v) is 3.86. The van der Waals surface area contributed by atoms with E-state index in [1.54, 1.807) is 18.2 Å². The van der Waals surface area contributed by atoms with Gasteiger partial charge in [0.25, 0.3) is 0 Å². The van der Waals surface area contributed by atoms with Gasteiger partial charge in [-0.05, 0) is 54.8 Å². The van der Waals surface area contributed by atoms with Gasteiger partial charge < -0.3 is 54.3 Å². The molecular formula is C26H34O11. The summed E-state index contributed by atoms with van der Waals surface area (Å²) in [5.74, 6) is 1.59. The molecule has 37 heavy (non-hydrogen) atoms. The predicted octanol–water partition coefficient (Wildman–Crippen LogP) is 0.220. The predicted molar refractivity (Wildman–Crippen MR) is 131 cm³/mol. The highest BCUT2D eigenvalue weighted by molar-refractivity contribution is 5.66. The quantitative estimate of drug-likeness (QED) is 0.211. The highest BCUT2D eigenvalue weighted by Gasteiger charge is 2.45. The number of aryl methyl sites for hydroxylation is 1. The Labute approximate surface area is 214 Å². The van der Waals surface area contributed by atoms with Crippen LogP contribution in [0.3, 0.4) is 0 Å². The Kier molecular flexibility index (Phi) is 10.5. The van der Waals surface area contributed by atoms with Crippen LogP contribution in [0, 0.1) is 0 Å². The van der Waals surface area contributed by atoms with Crippen LogP contribution in [0.15, 0.2) is 42.5 Å². The largest absolute Gasteiger partial charge is 0.493 e. The molecule has 0 unspecified atom stereocenters. The SMILES string of the molecule is COc1cc(CCCO)ccc1OC(=CCO)c1ccc(O[C@@H]2O[C@H](CO)[C@@H](O)[C@H](O)[C@H]2O)c(OC)c1. The van der Waals surface area contributed by atoms with E-state index < -0.39 is 37.3 Å². The summed E-state index contributed by atoms with van der Waals surface area (Å²) in [5.41, 5.74) is 1.50. The molecule has 1 heterocycles. The summed E-state index contributed by atoms with van der Waals surface area (Å²) >= 11 is 0. The van der Waals surface area contributed by atoms with Crippen molar-refractivity contribution in [3.05, 3.63) is 53.6 Å². The number of rotatable bonds is 12. The van der Waals surface area contributed by atoms with Crippen LogP contribution in [0.1, 0.15) is 17.5 Å². The molecule has 1 fully saturated rings. The number of aliphatic hydroxyl groups excluding tert-OH is 6. The lowest BCUT2D eigenvalue weighted by atomic mass is 9.99. The summed E-state index contributed by atoms with van der Waals surface area (Å²) in [5, 5.41) is 58.3. The maximum atomic E-state index is 10.3. The highest BCUT2D eigenvalue weighted by Crippen LogP contribution is 2.36. The third-order valence-corrected chi connectivity index (χ3v) is 5.89. The standard InChI is InChI=1S/C26H34O11/c1-33-20-12-15(4-3-10-27)5-7-18(20)35-17(9-11-28)16-6-8-19(21(13-16)34-2)36-26-25(32)24(31)23(30)22(14-29)37-26/h5-9,12-13,22-32H,3-4,10-11,14H2,1-2H3/t22-,23-,24+,25-,26-/m1/s1.